The maximum Gasteiger partial charge on any atom is 0.220 e. The van der Waals surface area contributed by atoms with Crippen LogP contribution in [0.2, 0.25) is 0 Å². The largest absolute Gasteiger partial charge is 0.356 e. The molecular weight excluding hydrogens is 198 g/mol. The van der Waals surface area contributed by atoms with Crippen molar-refractivity contribution in [2.45, 2.75) is 58.8 Å². The minimum absolute atomic E-state index is 0.260. The van der Waals surface area contributed by atoms with E-state index in [-0.39, 0.29) is 5.91 Å². The van der Waals surface area contributed by atoms with Crippen LogP contribution in [0.25, 0.3) is 0 Å². The molecule has 2 rings (SSSR count). The first-order chi connectivity index (χ1) is 7.61. The van der Waals surface area contributed by atoms with Crippen LogP contribution in [0.4, 0.5) is 0 Å². The molecule has 1 saturated heterocycles. The molecule has 1 aliphatic carbocycles. The summed E-state index contributed by atoms with van der Waals surface area (Å²) >= 11 is 0. The average Bonchev–Trinajstić information content (AvgIpc) is 2.46. The Bertz CT molecular complexity index is 249. The molecule has 1 amide bonds. The summed E-state index contributed by atoms with van der Waals surface area (Å²) in [6.45, 7) is 5.65. The summed E-state index contributed by atoms with van der Waals surface area (Å²) in [6.07, 6.45) is 8.67. The highest BCUT2D eigenvalue weighted by Gasteiger charge is 2.36. The van der Waals surface area contributed by atoms with Crippen LogP contribution < -0.4 is 5.32 Å². The van der Waals surface area contributed by atoms with Crippen LogP contribution in [0.1, 0.15) is 58.8 Å². The van der Waals surface area contributed by atoms with Crippen LogP contribution in [-0.2, 0) is 4.79 Å². The molecule has 1 heterocycles. The second-order valence-electron chi connectivity index (χ2n) is 6.21. The quantitative estimate of drug-likeness (QED) is 0.727. The van der Waals surface area contributed by atoms with Gasteiger partial charge in [0.2, 0.25) is 5.91 Å². The molecule has 2 aliphatic rings. The molecule has 92 valence electrons. The standard InChI is InChI=1S/C14H25NO/c1-11(2)12-4-3-7-14(8-5-12)9-6-13(16)15-10-14/h11-12H,3-10H2,1-2H3,(H,15,16). The molecule has 16 heavy (non-hydrogen) atoms. The van der Waals surface area contributed by atoms with Crippen LogP contribution in [-0.4, -0.2) is 12.5 Å². The molecule has 0 aromatic rings. The second-order valence-corrected chi connectivity index (χ2v) is 6.21. The van der Waals surface area contributed by atoms with Gasteiger partial charge < -0.3 is 5.32 Å². The van der Waals surface area contributed by atoms with Crippen LogP contribution in [0, 0.1) is 17.3 Å². The predicted molar refractivity (Wildman–Crippen MR) is 66.1 cm³/mol. The average molecular weight is 223 g/mol. The number of hydrogen-bond acceptors (Lipinski definition) is 1. The first kappa shape index (κ1) is 11.9. The van der Waals surface area contributed by atoms with E-state index >= 15 is 0 Å². The van der Waals surface area contributed by atoms with Gasteiger partial charge in [-0.3, -0.25) is 4.79 Å². The normalized spacial score (nSPS) is 36.2. The number of carbonyl (C=O) groups is 1. The molecule has 2 heteroatoms. The molecule has 0 aromatic carbocycles. The van der Waals surface area contributed by atoms with Crippen molar-refractivity contribution in [2.75, 3.05) is 6.54 Å². The van der Waals surface area contributed by atoms with Gasteiger partial charge >= 0.3 is 0 Å². The van der Waals surface area contributed by atoms with Crippen molar-refractivity contribution in [3.63, 3.8) is 0 Å². The van der Waals surface area contributed by atoms with Crippen molar-refractivity contribution in [1.82, 2.24) is 5.32 Å². The molecule has 2 atom stereocenters. The topological polar surface area (TPSA) is 29.1 Å². The zero-order valence-corrected chi connectivity index (χ0v) is 10.7. The molecule has 1 N–H and O–H groups in total. The number of hydrogen-bond donors (Lipinski definition) is 1. The fraction of sp³-hybridized carbons (Fsp3) is 0.929. The van der Waals surface area contributed by atoms with Crippen LogP contribution >= 0.6 is 0 Å². The zero-order chi connectivity index (χ0) is 11.6. The van der Waals surface area contributed by atoms with Gasteiger partial charge in [0.25, 0.3) is 0 Å². The fourth-order valence-electron chi connectivity index (χ4n) is 3.44. The van der Waals surface area contributed by atoms with E-state index in [1.54, 1.807) is 0 Å². The fourth-order valence-corrected chi connectivity index (χ4v) is 3.44. The van der Waals surface area contributed by atoms with Crippen molar-refractivity contribution >= 4 is 5.91 Å². The first-order valence-corrected chi connectivity index (χ1v) is 6.88. The minimum atomic E-state index is 0.260. The van der Waals surface area contributed by atoms with Crippen molar-refractivity contribution in [2.24, 2.45) is 17.3 Å². The molecule has 2 unspecified atom stereocenters. The van der Waals surface area contributed by atoms with Crippen LogP contribution in [0.15, 0.2) is 0 Å². The van der Waals surface area contributed by atoms with Crippen molar-refractivity contribution in [3.05, 3.63) is 0 Å². The van der Waals surface area contributed by atoms with Gasteiger partial charge in [-0.2, -0.15) is 0 Å². The molecule has 0 bridgehead atoms. The lowest BCUT2D eigenvalue weighted by atomic mass is 9.74. The van der Waals surface area contributed by atoms with Crippen LogP contribution in [0.5, 0.6) is 0 Å². The Morgan fingerprint density at radius 1 is 1.25 bits per heavy atom. The highest BCUT2D eigenvalue weighted by atomic mass is 16.1. The van der Waals surface area contributed by atoms with Gasteiger partial charge in [0.1, 0.15) is 0 Å². The zero-order valence-electron chi connectivity index (χ0n) is 10.7. The Labute approximate surface area is 99.2 Å². The number of piperidine rings is 1. The second kappa shape index (κ2) is 4.77. The molecular formula is C14H25NO. The number of carbonyl (C=O) groups excluding carboxylic acids is 1. The number of amides is 1. The maximum absolute atomic E-state index is 11.2. The summed E-state index contributed by atoms with van der Waals surface area (Å²) in [7, 11) is 0. The van der Waals surface area contributed by atoms with Gasteiger partial charge in [-0.15, -0.1) is 0 Å². The molecule has 1 saturated carbocycles. The van der Waals surface area contributed by atoms with Gasteiger partial charge in [0.15, 0.2) is 0 Å². The highest BCUT2D eigenvalue weighted by molar-refractivity contribution is 5.76. The Kier molecular flexibility index (Phi) is 3.56. The summed E-state index contributed by atoms with van der Waals surface area (Å²) in [5, 5.41) is 3.08. The van der Waals surface area contributed by atoms with Gasteiger partial charge in [0, 0.05) is 13.0 Å². The van der Waals surface area contributed by atoms with Gasteiger partial charge in [-0.25, -0.2) is 0 Å². The van der Waals surface area contributed by atoms with Gasteiger partial charge in [-0.05, 0) is 42.9 Å². The molecule has 2 nitrogen and oxygen atoms in total. The highest BCUT2D eigenvalue weighted by Crippen LogP contribution is 2.43. The van der Waals surface area contributed by atoms with E-state index in [0.717, 1.165) is 31.2 Å². The number of nitrogens with one attached hydrogen (secondary N) is 1. The van der Waals surface area contributed by atoms with Crippen molar-refractivity contribution < 1.29 is 4.79 Å². The lowest BCUT2D eigenvalue weighted by molar-refractivity contribution is -0.124. The monoisotopic (exact) mass is 223 g/mol. The maximum atomic E-state index is 11.2. The SMILES string of the molecule is CC(C)C1CCCC2(CCC(=O)NC2)CC1. The third-order valence-corrected chi connectivity index (χ3v) is 4.81. The molecule has 0 radical (unpaired) electrons. The Balaban J connectivity index is 1.95. The predicted octanol–water partition coefficient (Wildman–Crippen LogP) is 3.12. The first-order valence-electron chi connectivity index (χ1n) is 6.88. The van der Waals surface area contributed by atoms with E-state index in [9.17, 15) is 4.79 Å². The summed E-state index contributed by atoms with van der Waals surface area (Å²) in [5.74, 6) is 2.00. The molecule has 0 aromatic heterocycles. The Morgan fingerprint density at radius 2 is 2.06 bits per heavy atom. The third-order valence-electron chi connectivity index (χ3n) is 4.81. The Morgan fingerprint density at radius 3 is 2.69 bits per heavy atom. The summed E-state index contributed by atoms with van der Waals surface area (Å²) in [6, 6.07) is 0. The minimum Gasteiger partial charge on any atom is -0.356 e. The van der Waals surface area contributed by atoms with E-state index in [0.29, 0.717) is 5.41 Å². The molecule has 1 spiro atoms. The lowest BCUT2D eigenvalue weighted by Crippen LogP contribution is -2.43. The van der Waals surface area contributed by atoms with E-state index in [1.807, 2.05) is 0 Å². The Hall–Kier alpha value is -0.530. The smallest absolute Gasteiger partial charge is 0.220 e. The van der Waals surface area contributed by atoms with E-state index in [4.69, 9.17) is 0 Å². The van der Waals surface area contributed by atoms with E-state index < -0.39 is 0 Å². The van der Waals surface area contributed by atoms with Gasteiger partial charge in [0.05, 0.1) is 0 Å². The van der Waals surface area contributed by atoms with E-state index in [2.05, 4.69) is 19.2 Å². The number of rotatable bonds is 1. The molecule has 1 aliphatic heterocycles. The van der Waals surface area contributed by atoms with E-state index in [1.165, 1.54) is 32.1 Å². The third kappa shape index (κ3) is 2.58. The molecule has 2 fully saturated rings. The summed E-state index contributed by atoms with van der Waals surface area (Å²) < 4.78 is 0. The van der Waals surface area contributed by atoms with Gasteiger partial charge in [-0.1, -0.05) is 26.7 Å². The van der Waals surface area contributed by atoms with Crippen molar-refractivity contribution in [1.29, 1.82) is 0 Å². The lowest BCUT2D eigenvalue weighted by Gasteiger charge is -2.36. The van der Waals surface area contributed by atoms with Crippen LogP contribution in [0.3, 0.4) is 0 Å². The summed E-state index contributed by atoms with van der Waals surface area (Å²) in [5.41, 5.74) is 0.456. The van der Waals surface area contributed by atoms with Crippen molar-refractivity contribution in [3.8, 4) is 0 Å². The summed E-state index contributed by atoms with van der Waals surface area (Å²) in [4.78, 5) is 11.2.